The molecule has 8 heteroatoms. The zero-order chi connectivity index (χ0) is 21.2. The van der Waals surface area contributed by atoms with E-state index < -0.39 is 11.6 Å². The first kappa shape index (κ1) is 21.0. The number of imide groups is 1. The lowest BCUT2D eigenvalue weighted by Gasteiger charge is -2.30. The first-order valence-corrected chi connectivity index (χ1v) is 9.91. The number of amides is 4. The van der Waals surface area contributed by atoms with Crippen molar-refractivity contribution >= 4 is 17.8 Å². The highest BCUT2D eigenvalue weighted by atomic mass is 16.5. The standard InChI is InChI=1S/C21H29N3O5/c1-14-10-16(28-3)17(29-4)11-15(14)12-23(2)18(25)13-24-19(26)21(22-20(24)27)8-6-5-7-9-21/h10-11H,5-9,12-13H2,1-4H3,(H,22,27). The van der Waals surface area contributed by atoms with E-state index in [0.717, 1.165) is 35.3 Å². The van der Waals surface area contributed by atoms with Crippen molar-refractivity contribution in [3.05, 3.63) is 23.3 Å². The Morgan fingerprint density at radius 3 is 2.38 bits per heavy atom. The molecule has 0 bridgehead atoms. The maximum Gasteiger partial charge on any atom is 0.325 e. The van der Waals surface area contributed by atoms with Crippen molar-refractivity contribution in [2.24, 2.45) is 0 Å². The maximum atomic E-state index is 12.9. The molecule has 2 fully saturated rings. The Morgan fingerprint density at radius 2 is 1.76 bits per heavy atom. The van der Waals surface area contributed by atoms with Gasteiger partial charge in [0.25, 0.3) is 5.91 Å². The number of benzene rings is 1. The third kappa shape index (κ3) is 4.02. The van der Waals surface area contributed by atoms with Crippen LogP contribution in [0, 0.1) is 6.92 Å². The van der Waals surface area contributed by atoms with Crippen LogP contribution in [0.1, 0.15) is 43.2 Å². The average molecular weight is 403 g/mol. The minimum atomic E-state index is -0.811. The van der Waals surface area contributed by atoms with Crippen molar-refractivity contribution in [3.8, 4) is 11.5 Å². The van der Waals surface area contributed by atoms with Gasteiger partial charge in [-0.1, -0.05) is 19.3 Å². The summed E-state index contributed by atoms with van der Waals surface area (Å²) in [4.78, 5) is 40.6. The van der Waals surface area contributed by atoms with Crippen LogP contribution in [-0.4, -0.2) is 61.0 Å². The van der Waals surface area contributed by atoms with Crippen LogP contribution in [0.3, 0.4) is 0 Å². The number of urea groups is 1. The Hall–Kier alpha value is -2.77. The van der Waals surface area contributed by atoms with Gasteiger partial charge in [0.1, 0.15) is 12.1 Å². The summed E-state index contributed by atoms with van der Waals surface area (Å²) >= 11 is 0. The molecule has 1 aliphatic heterocycles. The van der Waals surface area contributed by atoms with Crippen molar-refractivity contribution in [2.45, 2.75) is 51.1 Å². The first-order chi connectivity index (χ1) is 13.8. The normalized spacial score (nSPS) is 18.0. The number of carbonyl (C=O) groups is 3. The van der Waals surface area contributed by atoms with Crippen LogP contribution in [0.5, 0.6) is 11.5 Å². The summed E-state index contributed by atoms with van der Waals surface area (Å²) in [5.74, 6) is 0.643. The van der Waals surface area contributed by atoms with Crippen LogP contribution in [0.15, 0.2) is 12.1 Å². The van der Waals surface area contributed by atoms with Crippen LogP contribution in [0.4, 0.5) is 4.79 Å². The van der Waals surface area contributed by atoms with Crippen molar-refractivity contribution in [1.29, 1.82) is 0 Å². The van der Waals surface area contributed by atoms with Gasteiger partial charge in [0.2, 0.25) is 5.91 Å². The molecule has 4 amide bonds. The SMILES string of the molecule is COc1cc(C)c(CN(C)C(=O)CN2C(=O)NC3(CCCCC3)C2=O)cc1OC. The number of ether oxygens (including phenoxy) is 2. The first-order valence-electron chi connectivity index (χ1n) is 9.91. The number of nitrogens with one attached hydrogen (secondary N) is 1. The van der Waals surface area contributed by atoms with Gasteiger partial charge in [0.15, 0.2) is 11.5 Å². The lowest BCUT2D eigenvalue weighted by Crippen LogP contribution is -2.49. The van der Waals surface area contributed by atoms with Gasteiger partial charge in [0.05, 0.1) is 14.2 Å². The Bertz CT molecular complexity index is 817. The van der Waals surface area contributed by atoms with E-state index in [9.17, 15) is 14.4 Å². The molecule has 0 unspecified atom stereocenters. The number of nitrogens with zero attached hydrogens (tertiary/aromatic N) is 2. The molecule has 2 aliphatic rings. The average Bonchev–Trinajstić information content (AvgIpc) is 2.93. The lowest BCUT2D eigenvalue weighted by molar-refractivity contribution is -0.139. The van der Waals surface area contributed by atoms with E-state index in [1.54, 1.807) is 21.3 Å². The van der Waals surface area contributed by atoms with E-state index in [2.05, 4.69) is 5.32 Å². The molecular formula is C21H29N3O5. The predicted molar refractivity (Wildman–Crippen MR) is 107 cm³/mol. The third-order valence-electron chi connectivity index (χ3n) is 5.92. The Labute approximate surface area is 171 Å². The fourth-order valence-electron chi connectivity index (χ4n) is 4.11. The smallest absolute Gasteiger partial charge is 0.325 e. The highest BCUT2D eigenvalue weighted by Gasteiger charge is 2.51. The van der Waals surface area contributed by atoms with Crippen LogP contribution >= 0.6 is 0 Å². The number of aryl methyl sites for hydroxylation is 1. The van der Waals surface area contributed by atoms with Gasteiger partial charge in [-0.3, -0.25) is 14.5 Å². The zero-order valence-corrected chi connectivity index (χ0v) is 17.5. The molecule has 1 aromatic carbocycles. The van der Waals surface area contributed by atoms with Crippen molar-refractivity contribution in [3.63, 3.8) is 0 Å². The van der Waals surface area contributed by atoms with Gasteiger partial charge in [-0.15, -0.1) is 0 Å². The molecule has 1 saturated heterocycles. The monoisotopic (exact) mass is 403 g/mol. The van der Waals surface area contributed by atoms with E-state index in [1.807, 2.05) is 19.1 Å². The van der Waals surface area contributed by atoms with Crippen LogP contribution in [0.2, 0.25) is 0 Å². The molecule has 1 aliphatic carbocycles. The number of carbonyl (C=O) groups excluding carboxylic acids is 3. The second kappa shape index (κ2) is 8.31. The highest BCUT2D eigenvalue weighted by molar-refractivity contribution is 6.09. The molecule has 8 nitrogen and oxygen atoms in total. The summed E-state index contributed by atoms with van der Waals surface area (Å²) in [5, 5.41) is 2.84. The molecule has 29 heavy (non-hydrogen) atoms. The van der Waals surface area contributed by atoms with E-state index in [0.29, 0.717) is 30.9 Å². The second-order valence-electron chi connectivity index (χ2n) is 7.85. The maximum absolute atomic E-state index is 12.9. The summed E-state index contributed by atoms with van der Waals surface area (Å²) in [7, 11) is 4.79. The number of hydrogen-bond acceptors (Lipinski definition) is 5. The predicted octanol–water partition coefficient (Wildman–Crippen LogP) is 2.23. The summed E-state index contributed by atoms with van der Waals surface area (Å²) in [6, 6.07) is 3.22. The molecule has 0 atom stereocenters. The Morgan fingerprint density at radius 1 is 1.14 bits per heavy atom. The van der Waals surface area contributed by atoms with E-state index >= 15 is 0 Å². The van der Waals surface area contributed by atoms with Crippen LogP contribution in [0.25, 0.3) is 0 Å². The summed E-state index contributed by atoms with van der Waals surface area (Å²) < 4.78 is 10.6. The fourth-order valence-corrected chi connectivity index (χ4v) is 4.11. The number of likely N-dealkylation sites (N-methyl/N-ethyl adjacent to an activating group) is 1. The highest BCUT2D eigenvalue weighted by Crippen LogP contribution is 2.34. The number of rotatable bonds is 6. The summed E-state index contributed by atoms with van der Waals surface area (Å²) in [5.41, 5.74) is 1.05. The van der Waals surface area contributed by atoms with Crippen molar-refractivity contribution in [1.82, 2.24) is 15.1 Å². The molecule has 0 aromatic heterocycles. The fraction of sp³-hybridized carbons (Fsp3) is 0.571. The largest absolute Gasteiger partial charge is 0.493 e. The minimum absolute atomic E-state index is 0.255. The molecule has 3 rings (SSSR count). The van der Waals surface area contributed by atoms with Gasteiger partial charge in [-0.05, 0) is 43.0 Å². The molecule has 1 N–H and O–H groups in total. The molecule has 158 valence electrons. The lowest BCUT2D eigenvalue weighted by atomic mass is 9.82. The third-order valence-corrected chi connectivity index (χ3v) is 5.92. The van der Waals surface area contributed by atoms with E-state index in [-0.39, 0.29) is 18.4 Å². The van der Waals surface area contributed by atoms with Crippen LogP contribution < -0.4 is 14.8 Å². The molecule has 1 heterocycles. The Balaban J connectivity index is 1.68. The minimum Gasteiger partial charge on any atom is -0.493 e. The Kier molecular flexibility index (Phi) is 6.00. The molecule has 1 spiro atoms. The second-order valence-corrected chi connectivity index (χ2v) is 7.85. The summed E-state index contributed by atoms with van der Waals surface area (Å²) in [6.07, 6.45) is 4.17. The van der Waals surface area contributed by atoms with Gasteiger partial charge in [-0.25, -0.2) is 4.79 Å². The van der Waals surface area contributed by atoms with Crippen LogP contribution in [-0.2, 0) is 16.1 Å². The number of hydrogen-bond donors (Lipinski definition) is 1. The van der Waals surface area contributed by atoms with Gasteiger partial charge in [0, 0.05) is 13.6 Å². The molecule has 0 radical (unpaired) electrons. The summed E-state index contributed by atoms with van der Waals surface area (Å²) in [6.45, 7) is 2.01. The zero-order valence-electron chi connectivity index (χ0n) is 17.5. The van der Waals surface area contributed by atoms with E-state index in [4.69, 9.17) is 9.47 Å². The van der Waals surface area contributed by atoms with E-state index in [1.165, 1.54) is 4.90 Å². The van der Waals surface area contributed by atoms with Crippen molar-refractivity contribution in [2.75, 3.05) is 27.8 Å². The molecule has 1 saturated carbocycles. The topological polar surface area (TPSA) is 88.2 Å². The molecular weight excluding hydrogens is 374 g/mol. The van der Waals surface area contributed by atoms with Gasteiger partial charge in [-0.2, -0.15) is 0 Å². The number of methoxy groups -OCH3 is 2. The van der Waals surface area contributed by atoms with Crippen molar-refractivity contribution < 1.29 is 23.9 Å². The van der Waals surface area contributed by atoms with Gasteiger partial charge < -0.3 is 19.7 Å². The quantitative estimate of drug-likeness (QED) is 0.736. The van der Waals surface area contributed by atoms with Gasteiger partial charge >= 0.3 is 6.03 Å². The molecule has 1 aromatic rings.